The van der Waals surface area contributed by atoms with Crippen LogP contribution in [-0.2, 0) is 4.79 Å². The predicted octanol–water partition coefficient (Wildman–Crippen LogP) is 2.10. The molecule has 0 bridgehead atoms. The second-order valence-electron chi connectivity index (χ2n) is 5.29. The van der Waals surface area contributed by atoms with Crippen molar-refractivity contribution in [3.63, 3.8) is 0 Å². The zero-order valence-electron chi connectivity index (χ0n) is 10.6. The van der Waals surface area contributed by atoms with Crippen molar-refractivity contribution < 1.29 is 4.79 Å². The van der Waals surface area contributed by atoms with Crippen molar-refractivity contribution >= 4 is 5.91 Å². The molecule has 1 amide bonds. The van der Waals surface area contributed by atoms with Crippen molar-refractivity contribution in [2.45, 2.75) is 37.8 Å². The number of rotatable bonds is 2. The van der Waals surface area contributed by atoms with Crippen molar-refractivity contribution in [3.8, 4) is 0 Å². The Balaban J connectivity index is 1.60. The maximum absolute atomic E-state index is 11.7. The SMILES string of the molecule is O=C1CCCN1C1CCC(c2ccccc2)NC1. The minimum atomic E-state index is 0.347. The van der Waals surface area contributed by atoms with Crippen LogP contribution in [0, 0.1) is 0 Å². The number of nitrogens with one attached hydrogen (secondary N) is 1. The molecule has 1 N–H and O–H groups in total. The fourth-order valence-corrected chi connectivity index (χ4v) is 3.13. The molecule has 3 nitrogen and oxygen atoms in total. The lowest BCUT2D eigenvalue weighted by molar-refractivity contribution is -0.130. The Kier molecular flexibility index (Phi) is 3.33. The topological polar surface area (TPSA) is 32.3 Å². The summed E-state index contributed by atoms with van der Waals surface area (Å²) in [6.45, 7) is 1.90. The van der Waals surface area contributed by atoms with Gasteiger partial charge in [0.25, 0.3) is 0 Å². The lowest BCUT2D eigenvalue weighted by Crippen LogP contribution is -2.47. The number of hydrogen-bond donors (Lipinski definition) is 1. The molecule has 1 aromatic rings. The molecule has 2 aliphatic rings. The molecule has 3 rings (SSSR count). The minimum Gasteiger partial charge on any atom is -0.338 e. The van der Waals surface area contributed by atoms with E-state index in [1.54, 1.807) is 0 Å². The van der Waals surface area contributed by atoms with Crippen LogP contribution in [0.5, 0.6) is 0 Å². The second kappa shape index (κ2) is 5.11. The molecule has 0 saturated carbocycles. The van der Waals surface area contributed by atoms with Gasteiger partial charge in [-0.2, -0.15) is 0 Å². The van der Waals surface area contributed by atoms with E-state index in [4.69, 9.17) is 0 Å². The highest BCUT2D eigenvalue weighted by Gasteiger charge is 2.31. The van der Waals surface area contributed by atoms with Gasteiger partial charge in [-0.3, -0.25) is 4.79 Å². The largest absolute Gasteiger partial charge is 0.338 e. The third-order valence-corrected chi connectivity index (χ3v) is 4.14. The van der Waals surface area contributed by atoms with Crippen LogP contribution in [0.15, 0.2) is 30.3 Å². The first-order valence-electron chi connectivity index (χ1n) is 6.92. The van der Waals surface area contributed by atoms with E-state index in [9.17, 15) is 4.79 Å². The first-order valence-corrected chi connectivity index (χ1v) is 6.92. The van der Waals surface area contributed by atoms with Crippen molar-refractivity contribution in [3.05, 3.63) is 35.9 Å². The summed E-state index contributed by atoms with van der Waals surface area (Å²) < 4.78 is 0. The zero-order valence-corrected chi connectivity index (χ0v) is 10.6. The van der Waals surface area contributed by atoms with Crippen molar-refractivity contribution in [1.82, 2.24) is 10.2 Å². The Morgan fingerprint density at radius 1 is 1.17 bits per heavy atom. The molecule has 3 heteroatoms. The van der Waals surface area contributed by atoms with Crippen LogP contribution < -0.4 is 5.32 Å². The number of nitrogens with zero attached hydrogens (tertiary/aromatic N) is 1. The van der Waals surface area contributed by atoms with Gasteiger partial charge in [-0.1, -0.05) is 30.3 Å². The standard InChI is InChI=1S/C15H20N2O/c18-15-7-4-10-17(15)13-8-9-14(16-11-13)12-5-2-1-3-6-12/h1-3,5-6,13-14,16H,4,7-11H2. The number of piperidine rings is 1. The van der Waals surface area contributed by atoms with Gasteiger partial charge in [0.15, 0.2) is 0 Å². The lowest BCUT2D eigenvalue weighted by atomic mass is 9.94. The molecule has 0 aromatic heterocycles. The number of carbonyl (C=O) groups is 1. The predicted molar refractivity (Wildman–Crippen MR) is 71.2 cm³/mol. The summed E-state index contributed by atoms with van der Waals surface area (Å²) in [5.41, 5.74) is 1.36. The summed E-state index contributed by atoms with van der Waals surface area (Å²) in [4.78, 5) is 13.8. The normalized spacial score (nSPS) is 28.7. The van der Waals surface area contributed by atoms with Gasteiger partial charge in [-0.05, 0) is 24.8 Å². The molecule has 0 radical (unpaired) electrons. The molecule has 18 heavy (non-hydrogen) atoms. The maximum atomic E-state index is 11.7. The van der Waals surface area contributed by atoms with E-state index in [1.165, 1.54) is 5.56 Å². The Bertz CT molecular complexity index is 410. The molecule has 1 aromatic carbocycles. The molecule has 2 atom stereocenters. The fraction of sp³-hybridized carbons (Fsp3) is 0.533. The number of likely N-dealkylation sites (tertiary alicyclic amines) is 1. The van der Waals surface area contributed by atoms with Crippen LogP contribution in [0.2, 0.25) is 0 Å². The molecule has 0 aliphatic carbocycles. The van der Waals surface area contributed by atoms with Crippen LogP contribution in [0.3, 0.4) is 0 Å². The van der Waals surface area contributed by atoms with E-state index in [1.807, 2.05) is 0 Å². The van der Waals surface area contributed by atoms with E-state index in [0.29, 0.717) is 18.0 Å². The summed E-state index contributed by atoms with van der Waals surface area (Å²) in [6.07, 6.45) is 4.03. The van der Waals surface area contributed by atoms with Gasteiger partial charge in [0, 0.05) is 31.6 Å². The number of carbonyl (C=O) groups excluding carboxylic acids is 1. The molecular formula is C15H20N2O. The monoisotopic (exact) mass is 244 g/mol. The molecule has 2 heterocycles. The highest BCUT2D eigenvalue weighted by atomic mass is 16.2. The van der Waals surface area contributed by atoms with Gasteiger partial charge in [-0.15, -0.1) is 0 Å². The van der Waals surface area contributed by atoms with E-state index in [2.05, 4.69) is 40.5 Å². The molecule has 0 spiro atoms. The van der Waals surface area contributed by atoms with Crippen molar-refractivity contribution in [2.24, 2.45) is 0 Å². The van der Waals surface area contributed by atoms with Gasteiger partial charge >= 0.3 is 0 Å². The van der Waals surface area contributed by atoms with Crippen molar-refractivity contribution in [2.75, 3.05) is 13.1 Å². The van der Waals surface area contributed by atoms with Gasteiger partial charge in [0.2, 0.25) is 5.91 Å². The molecule has 96 valence electrons. The Morgan fingerprint density at radius 3 is 2.61 bits per heavy atom. The van der Waals surface area contributed by atoms with Crippen LogP contribution in [0.25, 0.3) is 0 Å². The van der Waals surface area contributed by atoms with Gasteiger partial charge < -0.3 is 10.2 Å². The molecule has 2 saturated heterocycles. The lowest BCUT2D eigenvalue weighted by Gasteiger charge is -2.35. The summed E-state index contributed by atoms with van der Waals surface area (Å²) in [5.74, 6) is 0.347. The van der Waals surface area contributed by atoms with Gasteiger partial charge in [-0.25, -0.2) is 0 Å². The third-order valence-electron chi connectivity index (χ3n) is 4.14. The second-order valence-corrected chi connectivity index (χ2v) is 5.29. The highest BCUT2D eigenvalue weighted by Crippen LogP contribution is 2.26. The Labute approximate surface area is 108 Å². The Morgan fingerprint density at radius 2 is 2.00 bits per heavy atom. The summed E-state index contributed by atoms with van der Waals surface area (Å²) in [5, 5.41) is 3.59. The quantitative estimate of drug-likeness (QED) is 0.864. The summed E-state index contributed by atoms with van der Waals surface area (Å²) in [7, 11) is 0. The molecule has 2 aliphatic heterocycles. The third kappa shape index (κ3) is 2.27. The first kappa shape index (κ1) is 11.7. The molecule has 2 unspecified atom stereocenters. The van der Waals surface area contributed by atoms with Crippen LogP contribution in [0.4, 0.5) is 0 Å². The number of amides is 1. The average molecular weight is 244 g/mol. The maximum Gasteiger partial charge on any atom is 0.222 e. The van der Waals surface area contributed by atoms with Crippen molar-refractivity contribution in [1.29, 1.82) is 0 Å². The minimum absolute atomic E-state index is 0.347. The van der Waals surface area contributed by atoms with Gasteiger partial charge in [0.1, 0.15) is 0 Å². The van der Waals surface area contributed by atoms with Crippen LogP contribution >= 0.6 is 0 Å². The Hall–Kier alpha value is -1.35. The van der Waals surface area contributed by atoms with Crippen LogP contribution in [0.1, 0.15) is 37.3 Å². The van der Waals surface area contributed by atoms with E-state index >= 15 is 0 Å². The summed E-state index contributed by atoms with van der Waals surface area (Å²) in [6, 6.07) is 11.5. The van der Waals surface area contributed by atoms with E-state index in [-0.39, 0.29) is 0 Å². The van der Waals surface area contributed by atoms with Gasteiger partial charge in [0.05, 0.1) is 0 Å². The highest BCUT2D eigenvalue weighted by molar-refractivity contribution is 5.78. The van der Waals surface area contributed by atoms with Crippen LogP contribution in [-0.4, -0.2) is 29.9 Å². The number of hydrogen-bond acceptors (Lipinski definition) is 2. The average Bonchev–Trinajstić information content (AvgIpc) is 2.86. The first-order chi connectivity index (χ1) is 8.84. The van der Waals surface area contributed by atoms with E-state index in [0.717, 1.165) is 38.8 Å². The summed E-state index contributed by atoms with van der Waals surface area (Å²) >= 11 is 0. The van der Waals surface area contributed by atoms with E-state index < -0.39 is 0 Å². The molecular weight excluding hydrogens is 224 g/mol. The smallest absolute Gasteiger partial charge is 0.222 e. The fourth-order valence-electron chi connectivity index (χ4n) is 3.13. The molecule has 2 fully saturated rings. The number of benzene rings is 1. The zero-order chi connectivity index (χ0) is 12.4.